The summed E-state index contributed by atoms with van der Waals surface area (Å²) in [6.45, 7) is 0.121. The molecular formula is C12H17NO6S. The number of pyridine rings is 1. The summed E-state index contributed by atoms with van der Waals surface area (Å²) in [5.74, 6) is 0.344. The van der Waals surface area contributed by atoms with Gasteiger partial charge in [-0.25, -0.2) is 4.98 Å². The number of aromatic nitrogens is 1. The molecule has 1 N–H and O–H groups in total. The van der Waals surface area contributed by atoms with Crippen LogP contribution in [-0.4, -0.2) is 49.6 Å². The van der Waals surface area contributed by atoms with E-state index in [9.17, 15) is 4.79 Å². The van der Waals surface area contributed by atoms with Gasteiger partial charge in [0, 0.05) is 37.1 Å². The molecule has 0 atom stereocenters. The molecule has 0 aromatic carbocycles. The van der Waals surface area contributed by atoms with E-state index in [2.05, 4.69) is 4.98 Å². The number of carbonyl (C=O) groups is 1. The van der Waals surface area contributed by atoms with E-state index in [-0.39, 0.29) is 20.0 Å². The third-order valence-electron chi connectivity index (χ3n) is 2.02. The van der Waals surface area contributed by atoms with E-state index in [1.165, 1.54) is 26.0 Å². The van der Waals surface area contributed by atoms with Crippen molar-refractivity contribution in [3.8, 4) is 11.6 Å². The standard InChI is InChI=1S/C12H17NO6S/c1-16-7-18-10-5-9(20-4-3-11(14)15)6-13-12(10)19-8-17-2/h5-6H,3-4,7-8H2,1-2H3,(H,14,15). The molecule has 0 saturated heterocycles. The molecular weight excluding hydrogens is 286 g/mol. The van der Waals surface area contributed by atoms with Crippen molar-refractivity contribution >= 4 is 17.7 Å². The predicted molar refractivity (Wildman–Crippen MR) is 72.2 cm³/mol. The molecule has 0 saturated carbocycles. The van der Waals surface area contributed by atoms with Crippen molar-refractivity contribution in [2.24, 2.45) is 0 Å². The Labute approximate surface area is 121 Å². The number of hydrogen-bond donors (Lipinski definition) is 1. The summed E-state index contributed by atoms with van der Waals surface area (Å²) in [6.07, 6.45) is 1.68. The minimum Gasteiger partial charge on any atom is -0.481 e. The minimum atomic E-state index is -0.832. The fourth-order valence-electron chi connectivity index (χ4n) is 1.20. The SMILES string of the molecule is COCOc1cc(SCCC(=O)O)cnc1OCOC. The van der Waals surface area contributed by atoms with Crippen molar-refractivity contribution < 1.29 is 28.8 Å². The van der Waals surface area contributed by atoms with E-state index in [0.29, 0.717) is 17.4 Å². The summed E-state index contributed by atoms with van der Waals surface area (Å²) in [6, 6.07) is 1.73. The highest BCUT2D eigenvalue weighted by Crippen LogP contribution is 2.30. The highest BCUT2D eigenvalue weighted by atomic mass is 32.2. The summed E-state index contributed by atoms with van der Waals surface area (Å²) in [5, 5.41) is 8.60. The average Bonchev–Trinajstić information content (AvgIpc) is 2.43. The number of carboxylic acid groups (broad SMARTS) is 1. The third kappa shape index (κ3) is 6.09. The number of rotatable bonds is 10. The average molecular weight is 303 g/mol. The van der Waals surface area contributed by atoms with Gasteiger partial charge < -0.3 is 24.1 Å². The van der Waals surface area contributed by atoms with Crippen LogP contribution in [0.1, 0.15) is 6.42 Å². The first-order valence-corrected chi connectivity index (χ1v) is 6.74. The molecule has 0 radical (unpaired) electrons. The van der Waals surface area contributed by atoms with Gasteiger partial charge in [-0.1, -0.05) is 0 Å². The monoisotopic (exact) mass is 303 g/mol. The summed E-state index contributed by atoms with van der Waals surface area (Å²) in [4.78, 5) is 15.4. The van der Waals surface area contributed by atoms with Crippen LogP contribution in [0, 0.1) is 0 Å². The van der Waals surface area contributed by atoms with Gasteiger partial charge in [-0.15, -0.1) is 11.8 Å². The number of thioether (sulfide) groups is 1. The fraction of sp³-hybridized carbons (Fsp3) is 0.500. The maximum atomic E-state index is 10.5. The summed E-state index contributed by atoms with van der Waals surface area (Å²) in [5.41, 5.74) is 0. The van der Waals surface area contributed by atoms with Crippen LogP contribution < -0.4 is 9.47 Å². The molecule has 0 amide bonds. The lowest BCUT2D eigenvalue weighted by Gasteiger charge is -2.11. The Bertz CT molecular complexity index is 428. The van der Waals surface area contributed by atoms with Gasteiger partial charge >= 0.3 is 5.97 Å². The highest BCUT2D eigenvalue weighted by molar-refractivity contribution is 7.99. The minimum absolute atomic E-state index is 0.0574. The van der Waals surface area contributed by atoms with Crippen LogP contribution in [-0.2, 0) is 14.3 Å². The molecule has 7 nitrogen and oxygen atoms in total. The smallest absolute Gasteiger partial charge is 0.304 e. The van der Waals surface area contributed by atoms with E-state index in [4.69, 9.17) is 24.1 Å². The molecule has 0 aliphatic carbocycles. The first-order valence-electron chi connectivity index (χ1n) is 5.75. The Balaban J connectivity index is 2.69. The van der Waals surface area contributed by atoms with Crippen LogP contribution in [0.3, 0.4) is 0 Å². The zero-order chi connectivity index (χ0) is 14.8. The molecule has 0 spiro atoms. The van der Waals surface area contributed by atoms with Crippen LogP contribution in [0.15, 0.2) is 17.2 Å². The highest BCUT2D eigenvalue weighted by Gasteiger charge is 2.09. The number of methoxy groups -OCH3 is 2. The van der Waals surface area contributed by atoms with Gasteiger partial charge in [0.05, 0.1) is 6.42 Å². The molecule has 1 aromatic rings. The van der Waals surface area contributed by atoms with Crippen molar-refractivity contribution in [3.05, 3.63) is 12.3 Å². The number of hydrogen-bond acceptors (Lipinski definition) is 7. The third-order valence-corrected chi connectivity index (χ3v) is 2.99. The second-order valence-corrected chi connectivity index (χ2v) is 4.74. The topological polar surface area (TPSA) is 87.1 Å². The molecule has 1 aromatic heterocycles. The molecule has 1 rings (SSSR count). The quantitative estimate of drug-likeness (QED) is 0.515. The largest absolute Gasteiger partial charge is 0.481 e. The zero-order valence-electron chi connectivity index (χ0n) is 11.3. The predicted octanol–water partition coefficient (Wildman–Crippen LogP) is 1.61. The van der Waals surface area contributed by atoms with E-state index < -0.39 is 5.97 Å². The second kappa shape index (κ2) is 9.40. The van der Waals surface area contributed by atoms with Gasteiger partial charge in [0.15, 0.2) is 19.3 Å². The summed E-state index contributed by atoms with van der Waals surface area (Å²) < 4.78 is 20.3. The number of ether oxygens (including phenoxy) is 4. The van der Waals surface area contributed by atoms with E-state index in [1.54, 1.807) is 12.3 Å². The Kier molecular flexibility index (Phi) is 7.78. The van der Waals surface area contributed by atoms with Gasteiger partial charge in [-0.3, -0.25) is 4.79 Å². The van der Waals surface area contributed by atoms with E-state index >= 15 is 0 Å². The van der Waals surface area contributed by atoms with E-state index in [1.807, 2.05) is 0 Å². The summed E-state index contributed by atoms with van der Waals surface area (Å²) in [7, 11) is 3.01. The lowest BCUT2D eigenvalue weighted by Crippen LogP contribution is -2.06. The van der Waals surface area contributed by atoms with Crippen LogP contribution in [0.5, 0.6) is 11.6 Å². The Morgan fingerprint density at radius 1 is 1.30 bits per heavy atom. The normalized spacial score (nSPS) is 10.3. The van der Waals surface area contributed by atoms with Crippen LogP contribution >= 0.6 is 11.8 Å². The lowest BCUT2D eigenvalue weighted by atomic mass is 10.4. The molecule has 0 bridgehead atoms. The molecule has 112 valence electrons. The maximum absolute atomic E-state index is 10.5. The zero-order valence-corrected chi connectivity index (χ0v) is 12.1. The summed E-state index contributed by atoms with van der Waals surface area (Å²) >= 11 is 1.38. The molecule has 20 heavy (non-hydrogen) atoms. The van der Waals surface area contributed by atoms with Gasteiger partial charge in [0.25, 0.3) is 5.88 Å². The molecule has 0 fully saturated rings. The molecule has 1 heterocycles. The van der Waals surface area contributed by atoms with Crippen LogP contribution in [0.2, 0.25) is 0 Å². The Hall–Kier alpha value is -1.51. The first-order chi connectivity index (χ1) is 9.67. The molecule has 0 aliphatic rings. The van der Waals surface area contributed by atoms with Crippen molar-refractivity contribution in [2.45, 2.75) is 11.3 Å². The first kappa shape index (κ1) is 16.5. The Morgan fingerprint density at radius 2 is 2.00 bits per heavy atom. The molecule has 0 aliphatic heterocycles. The van der Waals surface area contributed by atoms with Gasteiger partial charge in [0.2, 0.25) is 0 Å². The van der Waals surface area contributed by atoms with E-state index in [0.717, 1.165) is 4.90 Å². The van der Waals surface area contributed by atoms with Gasteiger partial charge in [0.1, 0.15) is 0 Å². The second-order valence-electron chi connectivity index (χ2n) is 3.57. The van der Waals surface area contributed by atoms with Crippen molar-refractivity contribution in [3.63, 3.8) is 0 Å². The molecule has 0 unspecified atom stereocenters. The maximum Gasteiger partial charge on any atom is 0.304 e. The van der Waals surface area contributed by atoms with Gasteiger partial charge in [-0.2, -0.15) is 0 Å². The van der Waals surface area contributed by atoms with Gasteiger partial charge in [-0.05, 0) is 0 Å². The number of nitrogens with zero attached hydrogens (tertiary/aromatic N) is 1. The lowest BCUT2D eigenvalue weighted by molar-refractivity contribution is -0.136. The Morgan fingerprint density at radius 3 is 2.65 bits per heavy atom. The van der Waals surface area contributed by atoms with Crippen molar-refractivity contribution in [1.29, 1.82) is 0 Å². The fourth-order valence-corrected chi connectivity index (χ4v) is 2.03. The number of aliphatic carboxylic acids is 1. The van der Waals surface area contributed by atoms with Crippen LogP contribution in [0.4, 0.5) is 0 Å². The number of carboxylic acids is 1. The van der Waals surface area contributed by atoms with Crippen molar-refractivity contribution in [2.75, 3.05) is 33.6 Å². The molecule has 8 heteroatoms. The van der Waals surface area contributed by atoms with Crippen molar-refractivity contribution in [1.82, 2.24) is 4.98 Å². The van der Waals surface area contributed by atoms with Crippen LogP contribution in [0.25, 0.3) is 0 Å².